The van der Waals surface area contributed by atoms with Gasteiger partial charge in [0.15, 0.2) is 0 Å². The molecule has 1 aromatic carbocycles. The molecule has 0 aromatic heterocycles. The number of halogens is 3. The summed E-state index contributed by atoms with van der Waals surface area (Å²) in [5.74, 6) is 0.408. The smallest absolute Gasteiger partial charge is 0.416 e. The lowest BCUT2D eigenvalue weighted by molar-refractivity contribution is -0.137. The second kappa shape index (κ2) is 4.38. The van der Waals surface area contributed by atoms with E-state index in [-0.39, 0.29) is 0 Å². The van der Waals surface area contributed by atoms with Crippen LogP contribution in [-0.4, -0.2) is 6.61 Å². The van der Waals surface area contributed by atoms with Crippen LogP contribution in [0.4, 0.5) is 13.2 Å². The van der Waals surface area contributed by atoms with Crippen LogP contribution in [0.15, 0.2) is 36.4 Å². The Morgan fingerprint density at radius 1 is 1.27 bits per heavy atom. The van der Waals surface area contributed by atoms with E-state index in [1.54, 1.807) is 6.92 Å². The summed E-state index contributed by atoms with van der Waals surface area (Å²) >= 11 is 0. The monoisotopic (exact) mass is 216 g/mol. The van der Waals surface area contributed by atoms with Crippen LogP contribution in [0.5, 0.6) is 5.75 Å². The molecule has 4 heteroatoms. The SMILES string of the molecule is C=C(C)COc1ccc(C(F)(F)F)cc1. The third kappa shape index (κ3) is 3.65. The highest BCUT2D eigenvalue weighted by atomic mass is 19.4. The first-order chi connectivity index (χ1) is 6.89. The van der Waals surface area contributed by atoms with E-state index in [9.17, 15) is 13.2 Å². The van der Waals surface area contributed by atoms with Crippen molar-refractivity contribution in [3.05, 3.63) is 42.0 Å². The van der Waals surface area contributed by atoms with Crippen molar-refractivity contribution < 1.29 is 17.9 Å². The van der Waals surface area contributed by atoms with Gasteiger partial charge in [0.05, 0.1) is 5.56 Å². The minimum atomic E-state index is -4.30. The predicted octanol–water partition coefficient (Wildman–Crippen LogP) is 3.66. The summed E-state index contributed by atoms with van der Waals surface area (Å²) in [5, 5.41) is 0. The standard InChI is InChI=1S/C11H11F3O/c1-8(2)7-15-10-5-3-9(4-6-10)11(12,13)14/h3-6H,1,7H2,2H3. The van der Waals surface area contributed by atoms with Crippen molar-refractivity contribution in [1.82, 2.24) is 0 Å². The van der Waals surface area contributed by atoms with Crippen LogP contribution in [0, 0.1) is 0 Å². The summed E-state index contributed by atoms with van der Waals surface area (Å²) in [4.78, 5) is 0. The zero-order chi connectivity index (χ0) is 11.5. The highest BCUT2D eigenvalue weighted by molar-refractivity contribution is 5.29. The van der Waals surface area contributed by atoms with Crippen LogP contribution in [0.2, 0.25) is 0 Å². The topological polar surface area (TPSA) is 9.23 Å². The molecule has 0 saturated heterocycles. The fourth-order valence-electron chi connectivity index (χ4n) is 0.947. The Kier molecular flexibility index (Phi) is 3.39. The van der Waals surface area contributed by atoms with E-state index >= 15 is 0 Å². The molecule has 0 aliphatic carbocycles. The molecule has 15 heavy (non-hydrogen) atoms. The molecular weight excluding hydrogens is 205 g/mol. The normalized spacial score (nSPS) is 11.2. The van der Waals surface area contributed by atoms with Crippen molar-refractivity contribution in [2.45, 2.75) is 13.1 Å². The highest BCUT2D eigenvalue weighted by Gasteiger charge is 2.29. The Morgan fingerprint density at radius 3 is 2.20 bits per heavy atom. The average Bonchev–Trinajstić information content (AvgIpc) is 2.14. The molecule has 1 nitrogen and oxygen atoms in total. The number of hydrogen-bond donors (Lipinski definition) is 0. The van der Waals surface area contributed by atoms with Gasteiger partial charge < -0.3 is 4.74 Å². The van der Waals surface area contributed by atoms with Crippen LogP contribution in [0.25, 0.3) is 0 Å². The molecule has 0 saturated carbocycles. The van der Waals surface area contributed by atoms with Crippen LogP contribution >= 0.6 is 0 Å². The van der Waals surface area contributed by atoms with E-state index < -0.39 is 11.7 Å². The Balaban J connectivity index is 2.69. The van der Waals surface area contributed by atoms with Crippen LogP contribution in [0.3, 0.4) is 0 Å². The lowest BCUT2D eigenvalue weighted by Gasteiger charge is -2.08. The van der Waals surface area contributed by atoms with Gasteiger partial charge in [0.2, 0.25) is 0 Å². The lowest BCUT2D eigenvalue weighted by Crippen LogP contribution is -2.04. The Hall–Kier alpha value is -1.45. The van der Waals surface area contributed by atoms with E-state index in [4.69, 9.17) is 4.74 Å². The van der Waals surface area contributed by atoms with E-state index in [1.165, 1.54) is 12.1 Å². The Bertz CT molecular complexity index is 338. The van der Waals surface area contributed by atoms with E-state index in [0.29, 0.717) is 12.4 Å². The number of alkyl halides is 3. The van der Waals surface area contributed by atoms with Gasteiger partial charge in [-0.15, -0.1) is 0 Å². The van der Waals surface area contributed by atoms with Crippen molar-refractivity contribution in [1.29, 1.82) is 0 Å². The van der Waals surface area contributed by atoms with Gasteiger partial charge in [0.25, 0.3) is 0 Å². The maximum absolute atomic E-state index is 12.2. The Morgan fingerprint density at radius 2 is 1.80 bits per heavy atom. The zero-order valence-corrected chi connectivity index (χ0v) is 8.27. The third-order valence-electron chi connectivity index (χ3n) is 1.67. The van der Waals surface area contributed by atoms with Crippen molar-refractivity contribution in [3.63, 3.8) is 0 Å². The first-order valence-corrected chi connectivity index (χ1v) is 4.34. The fraction of sp³-hybridized carbons (Fsp3) is 0.273. The summed E-state index contributed by atoms with van der Waals surface area (Å²) < 4.78 is 41.7. The van der Waals surface area contributed by atoms with Crippen LogP contribution in [0.1, 0.15) is 12.5 Å². The summed E-state index contributed by atoms with van der Waals surface area (Å²) in [7, 11) is 0. The molecule has 1 rings (SSSR count). The lowest BCUT2D eigenvalue weighted by atomic mass is 10.2. The van der Waals surface area contributed by atoms with Crippen LogP contribution < -0.4 is 4.74 Å². The molecule has 0 amide bonds. The molecule has 0 unspecified atom stereocenters. The number of hydrogen-bond acceptors (Lipinski definition) is 1. The highest BCUT2D eigenvalue weighted by Crippen LogP contribution is 2.30. The maximum Gasteiger partial charge on any atom is 0.416 e. The van der Waals surface area contributed by atoms with Gasteiger partial charge >= 0.3 is 6.18 Å². The maximum atomic E-state index is 12.2. The molecule has 0 fully saturated rings. The van der Waals surface area contributed by atoms with Crippen molar-refractivity contribution >= 4 is 0 Å². The number of ether oxygens (including phenoxy) is 1. The second-order valence-corrected chi connectivity index (χ2v) is 3.27. The molecule has 0 spiro atoms. The first kappa shape index (κ1) is 11.6. The molecule has 1 aromatic rings. The van der Waals surface area contributed by atoms with Gasteiger partial charge in [-0.25, -0.2) is 0 Å². The second-order valence-electron chi connectivity index (χ2n) is 3.27. The predicted molar refractivity (Wildman–Crippen MR) is 51.8 cm³/mol. The van der Waals surface area contributed by atoms with E-state index in [1.807, 2.05) is 0 Å². The minimum absolute atomic E-state index is 0.311. The first-order valence-electron chi connectivity index (χ1n) is 4.34. The van der Waals surface area contributed by atoms with Gasteiger partial charge in [-0.1, -0.05) is 6.58 Å². The number of benzene rings is 1. The van der Waals surface area contributed by atoms with Gasteiger partial charge in [-0.05, 0) is 36.8 Å². The molecule has 0 radical (unpaired) electrons. The molecule has 0 aliphatic rings. The summed E-state index contributed by atoms with van der Waals surface area (Å²) in [6.45, 7) is 5.71. The average molecular weight is 216 g/mol. The van der Waals surface area contributed by atoms with Crippen molar-refractivity contribution in [3.8, 4) is 5.75 Å². The molecule has 0 heterocycles. The molecular formula is C11H11F3O. The van der Waals surface area contributed by atoms with E-state index in [0.717, 1.165) is 17.7 Å². The molecule has 0 bridgehead atoms. The fourth-order valence-corrected chi connectivity index (χ4v) is 0.947. The Labute approximate surface area is 86.2 Å². The van der Waals surface area contributed by atoms with Gasteiger partial charge in [-0.3, -0.25) is 0 Å². The largest absolute Gasteiger partial charge is 0.489 e. The third-order valence-corrected chi connectivity index (χ3v) is 1.67. The molecule has 82 valence electrons. The van der Waals surface area contributed by atoms with Gasteiger partial charge in [0, 0.05) is 0 Å². The minimum Gasteiger partial charge on any atom is -0.489 e. The van der Waals surface area contributed by atoms with Gasteiger partial charge in [0.1, 0.15) is 12.4 Å². The zero-order valence-electron chi connectivity index (χ0n) is 8.27. The molecule has 0 atom stereocenters. The number of rotatable bonds is 3. The quantitative estimate of drug-likeness (QED) is 0.700. The summed E-state index contributed by atoms with van der Waals surface area (Å²) in [6.07, 6.45) is -4.30. The summed E-state index contributed by atoms with van der Waals surface area (Å²) in [6, 6.07) is 4.58. The molecule has 0 aliphatic heterocycles. The van der Waals surface area contributed by atoms with E-state index in [2.05, 4.69) is 6.58 Å². The van der Waals surface area contributed by atoms with Crippen molar-refractivity contribution in [2.24, 2.45) is 0 Å². The van der Waals surface area contributed by atoms with Crippen molar-refractivity contribution in [2.75, 3.05) is 6.61 Å². The molecule has 0 N–H and O–H groups in total. The summed E-state index contributed by atoms with van der Waals surface area (Å²) in [5.41, 5.74) is 0.139. The van der Waals surface area contributed by atoms with Crippen LogP contribution in [-0.2, 0) is 6.18 Å². The van der Waals surface area contributed by atoms with Gasteiger partial charge in [-0.2, -0.15) is 13.2 Å².